The SMILES string of the molecule is CS(=O)(=O)C1CCCC1Nc1cc(Br)ccc1F. The van der Waals surface area contributed by atoms with Crippen LogP contribution >= 0.6 is 15.9 Å². The third-order valence-electron chi connectivity index (χ3n) is 3.27. The maximum Gasteiger partial charge on any atom is 0.152 e. The summed E-state index contributed by atoms with van der Waals surface area (Å²) >= 11 is 3.28. The fraction of sp³-hybridized carbons (Fsp3) is 0.500. The minimum Gasteiger partial charge on any atom is -0.379 e. The molecule has 2 rings (SSSR count). The minimum atomic E-state index is -3.09. The van der Waals surface area contributed by atoms with Crippen LogP contribution in [0.2, 0.25) is 0 Å². The fourth-order valence-electron chi connectivity index (χ4n) is 2.41. The van der Waals surface area contributed by atoms with Crippen LogP contribution in [-0.4, -0.2) is 26.0 Å². The molecule has 1 aromatic rings. The number of halogens is 2. The molecule has 1 aliphatic carbocycles. The van der Waals surface area contributed by atoms with Crippen molar-refractivity contribution < 1.29 is 12.8 Å². The molecule has 0 spiro atoms. The van der Waals surface area contributed by atoms with Crippen molar-refractivity contribution >= 4 is 31.5 Å². The van der Waals surface area contributed by atoms with Gasteiger partial charge in [-0.1, -0.05) is 15.9 Å². The molecule has 2 unspecified atom stereocenters. The van der Waals surface area contributed by atoms with Gasteiger partial charge in [0.2, 0.25) is 0 Å². The van der Waals surface area contributed by atoms with Crippen LogP contribution in [0.3, 0.4) is 0 Å². The molecule has 0 aliphatic heterocycles. The van der Waals surface area contributed by atoms with E-state index in [1.54, 1.807) is 12.1 Å². The predicted molar refractivity (Wildman–Crippen MR) is 74.0 cm³/mol. The first-order valence-electron chi connectivity index (χ1n) is 5.78. The Labute approximate surface area is 115 Å². The first-order chi connectivity index (χ1) is 8.38. The zero-order chi connectivity index (χ0) is 13.3. The summed E-state index contributed by atoms with van der Waals surface area (Å²) in [6.07, 6.45) is 3.50. The molecule has 0 radical (unpaired) electrons. The van der Waals surface area contributed by atoms with Crippen molar-refractivity contribution in [1.29, 1.82) is 0 Å². The summed E-state index contributed by atoms with van der Waals surface area (Å²) in [5.74, 6) is -0.364. The Bertz CT molecular complexity index is 547. The molecule has 1 N–H and O–H groups in total. The van der Waals surface area contributed by atoms with Gasteiger partial charge in [-0.3, -0.25) is 0 Å². The third-order valence-corrected chi connectivity index (χ3v) is 5.43. The molecule has 0 heterocycles. The quantitative estimate of drug-likeness (QED) is 0.923. The zero-order valence-electron chi connectivity index (χ0n) is 9.99. The number of sulfone groups is 1. The molecule has 18 heavy (non-hydrogen) atoms. The molecule has 1 saturated carbocycles. The Kier molecular flexibility index (Phi) is 3.96. The van der Waals surface area contributed by atoms with Crippen LogP contribution in [0.1, 0.15) is 19.3 Å². The summed E-state index contributed by atoms with van der Waals surface area (Å²) in [7, 11) is -3.09. The largest absolute Gasteiger partial charge is 0.379 e. The summed E-state index contributed by atoms with van der Waals surface area (Å²) in [4.78, 5) is 0. The molecular formula is C12H15BrFNO2S. The number of hydrogen-bond acceptors (Lipinski definition) is 3. The maximum absolute atomic E-state index is 13.6. The summed E-state index contributed by atoms with van der Waals surface area (Å²) in [6.45, 7) is 0. The first-order valence-corrected chi connectivity index (χ1v) is 8.53. The van der Waals surface area contributed by atoms with Crippen LogP contribution in [0, 0.1) is 5.82 Å². The lowest BCUT2D eigenvalue weighted by molar-refractivity contribution is 0.577. The second-order valence-corrected chi connectivity index (χ2v) is 7.85. The summed E-state index contributed by atoms with van der Waals surface area (Å²) in [5.41, 5.74) is 0.352. The van der Waals surface area contributed by atoms with E-state index in [0.29, 0.717) is 12.1 Å². The normalized spacial score (nSPS) is 24.2. The molecule has 0 amide bonds. The summed E-state index contributed by atoms with van der Waals surface area (Å²) in [6, 6.07) is 4.40. The van der Waals surface area contributed by atoms with E-state index in [2.05, 4.69) is 21.2 Å². The van der Waals surface area contributed by atoms with Gasteiger partial charge in [-0.15, -0.1) is 0 Å². The van der Waals surface area contributed by atoms with E-state index in [9.17, 15) is 12.8 Å². The molecular weight excluding hydrogens is 321 g/mol. The highest BCUT2D eigenvalue weighted by molar-refractivity contribution is 9.10. The second kappa shape index (κ2) is 5.17. The lowest BCUT2D eigenvalue weighted by atomic mass is 10.2. The van der Waals surface area contributed by atoms with Gasteiger partial charge in [-0.05, 0) is 37.5 Å². The smallest absolute Gasteiger partial charge is 0.152 e. The van der Waals surface area contributed by atoms with Crippen LogP contribution < -0.4 is 5.32 Å². The van der Waals surface area contributed by atoms with Crippen molar-refractivity contribution in [1.82, 2.24) is 0 Å². The van der Waals surface area contributed by atoms with Gasteiger partial charge in [0.25, 0.3) is 0 Å². The van der Waals surface area contributed by atoms with Crippen molar-refractivity contribution in [2.45, 2.75) is 30.6 Å². The molecule has 0 saturated heterocycles. The van der Waals surface area contributed by atoms with Gasteiger partial charge in [0.1, 0.15) is 5.82 Å². The van der Waals surface area contributed by atoms with Gasteiger partial charge in [0.15, 0.2) is 9.84 Å². The highest BCUT2D eigenvalue weighted by Gasteiger charge is 2.35. The average Bonchev–Trinajstić information content (AvgIpc) is 2.71. The minimum absolute atomic E-state index is 0.205. The van der Waals surface area contributed by atoms with Gasteiger partial charge in [-0.25, -0.2) is 12.8 Å². The molecule has 3 nitrogen and oxygen atoms in total. The number of anilines is 1. The van der Waals surface area contributed by atoms with E-state index < -0.39 is 15.1 Å². The highest BCUT2D eigenvalue weighted by atomic mass is 79.9. The van der Waals surface area contributed by atoms with E-state index in [0.717, 1.165) is 17.3 Å². The summed E-state index contributed by atoms with van der Waals surface area (Å²) in [5, 5.41) is 2.60. The van der Waals surface area contributed by atoms with E-state index in [1.807, 2.05) is 0 Å². The molecule has 0 bridgehead atoms. The zero-order valence-corrected chi connectivity index (χ0v) is 12.4. The molecule has 1 fully saturated rings. The van der Waals surface area contributed by atoms with Gasteiger partial charge in [0, 0.05) is 16.8 Å². The number of nitrogens with one attached hydrogen (secondary N) is 1. The maximum atomic E-state index is 13.6. The Morgan fingerprint density at radius 1 is 1.39 bits per heavy atom. The van der Waals surface area contributed by atoms with E-state index in [4.69, 9.17) is 0 Å². The van der Waals surface area contributed by atoms with Crippen molar-refractivity contribution in [3.63, 3.8) is 0 Å². The Morgan fingerprint density at radius 3 is 2.78 bits per heavy atom. The lowest BCUT2D eigenvalue weighted by Gasteiger charge is -2.21. The van der Waals surface area contributed by atoms with Crippen molar-refractivity contribution in [3.8, 4) is 0 Å². The first kappa shape index (κ1) is 13.8. The van der Waals surface area contributed by atoms with Gasteiger partial charge in [0.05, 0.1) is 10.9 Å². The standard InChI is InChI=1S/C12H15BrFNO2S/c1-18(16,17)12-4-2-3-10(12)15-11-7-8(13)5-6-9(11)14/h5-7,10,12,15H,2-4H2,1H3. The van der Waals surface area contributed by atoms with Crippen molar-refractivity contribution in [3.05, 3.63) is 28.5 Å². The van der Waals surface area contributed by atoms with Gasteiger partial charge < -0.3 is 5.32 Å². The summed E-state index contributed by atoms with van der Waals surface area (Å²) < 4.78 is 37.7. The van der Waals surface area contributed by atoms with E-state index >= 15 is 0 Å². The van der Waals surface area contributed by atoms with E-state index in [1.165, 1.54) is 12.3 Å². The topological polar surface area (TPSA) is 46.2 Å². The van der Waals surface area contributed by atoms with Crippen LogP contribution in [0.5, 0.6) is 0 Å². The van der Waals surface area contributed by atoms with Crippen LogP contribution in [-0.2, 0) is 9.84 Å². The molecule has 100 valence electrons. The Morgan fingerprint density at radius 2 is 2.11 bits per heavy atom. The van der Waals surface area contributed by atoms with Crippen LogP contribution in [0.25, 0.3) is 0 Å². The van der Waals surface area contributed by atoms with Crippen molar-refractivity contribution in [2.24, 2.45) is 0 Å². The molecule has 1 aliphatic rings. The third kappa shape index (κ3) is 3.03. The van der Waals surface area contributed by atoms with Gasteiger partial charge in [-0.2, -0.15) is 0 Å². The second-order valence-electron chi connectivity index (χ2n) is 4.67. The highest BCUT2D eigenvalue weighted by Crippen LogP contribution is 2.29. The number of hydrogen-bond donors (Lipinski definition) is 1. The van der Waals surface area contributed by atoms with Crippen LogP contribution in [0.4, 0.5) is 10.1 Å². The number of benzene rings is 1. The molecule has 1 aromatic carbocycles. The van der Waals surface area contributed by atoms with E-state index in [-0.39, 0.29) is 11.9 Å². The Balaban J connectivity index is 2.21. The molecule has 6 heteroatoms. The fourth-order valence-corrected chi connectivity index (χ4v) is 4.17. The average molecular weight is 336 g/mol. The predicted octanol–water partition coefficient (Wildman–Crippen LogP) is 2.97. The molecule has 0 aromatic heterocycles. The van der Waals surface area contributed by atoms with Crippen molar-refractivity contribution in [2.75, 3.05) is 11.6 Å². The lowest BCUT2D eigenvalue weighted by Crippen LogP contribution is -2.34. The van der Waals surface area contributed by atoms with Crippen LogP contribution in [0.15, 0.2) is 22.7 Å². The molecule has 2 atom stereocenters. The van der Waals surface area contributed by atoms with Gasteiger partial charge >= 0.3 is 0 Å². The monoisotopic (exact) mass is 335 g/mol. The Hall–Kier alpha value is -0.620. The number of rotatable bonds is 3.